The first-order valence-corrected chi connectivity index (χ1v) is 7.86. The highest BCUT2D eigenvalue weighted by Gasteiger charge is 2.25. The fourth-order valence-electron chi connectivity index (χ4n) is 2.59. The molecule has 6 heteroatoms. The summed E-state index contributed by atoms with van der Waals surface area (Å²) in [7, 11) is 0. The van der Waals surface area contributed by atoms with Crippen molar-refractivity contribution in [3.8, 4) is 0 Å². The zero-order chi connectivity index (χ0) is 16.5. The molecule has 1 aromatic heterocycles. The standard InChI is InChI=1S/C16H26N4O2/c1-10(2)13-8-12(19-20(13)16(3,4)5)15(22)17-9-11-6-7-14(21)18-11/h8,10-11H,6-7,9H2,1-5H3,(H,17,22)(H,18,21)/t11-/m0/s1. The molecule has 122 valence electrons. The summed E-state index contributed by atoms with van der Waals surface area (Å²) >= 11 is 0. The molecular formula is C16H26N4O2. The maximum absolute atomic E-state index is 12.3. The van der Waals surface area contributed by atoms with Crippen LogP contribution in [0.2, 0.25) is 0 Å². The zero-order valence-corrected chi connectivity index (χ0v) is 14.1. The van der Waals surface area contributed by atoms with E-state index in [0.29, 0.717) is 24.6 Å². The Kier molecular flexibility index (Phi) is 4.58. The van der Waals surface area contributed by atoms with Crippen LogP contribution in [-0.2, 0) is 10.3 Å². The molecule has 1 aromatic rings. The molecule has 0 aliphatic carbocycles. The van der Waals surface area contributed by atoms with Gasteiger partial charge in [0.05, 0.1) is 5.54 Å². The predicted molar refractivity (Wildman–Crippen MR) is 84.8 cm³/mol. The number of nitrogens with one attached hydrogen (secondary N) is 2. The van der Waals surface area contributed by atoms with Crippen LogP contribution in [0, 0.1) is 0 Å². The van der Waals surface area contributed by atoms with Crippen molar-refractivity contribution in [3.63, 3.8) is 0 Å². The van der Waals surface area contributed by atoms with Gasteiger partial charge in [-0.2, -0.15) is 5.10 Å². The third kappa shape index (κ3) is 3.67. The highest BCUT2D eigenvalue weighted by molar-refractivity contribution is 5.92. The van der Waals surface area contributed by atoms with Crippen molar-refractivity contribution in [2.24, 2.45) is 0 Å². The summed E-state index contributed by atoms with van der Waals surface area (Å²) in [5.41, 5.74) is 1.31. The van der Waals surface area contributed by atoms with Crippen LogP contribution in [-0.4, -0.2) is 34.2 Å². The topological polar surface area (TPSA) is 76.0 Å². The molecule has 0 radical (unpaired) electrons. The first kappa shape index (κ1) is 16.5. The van der Waals surface area contributed by atoms with Gasteiger partial charge in [-0.1, -0.05) is 13.8 Å². The smallest absolute Gasteiger partial charge is 0.271 e. The van der Waals surface area contributed by atoms with Crippen LogP contribution in [0.5, 0.6) is 0 Å². The van der Waals surface area contributed by atoms with Crippen molar-refractivity contribution in [2.75, 3.05) is 6.54 Å². The molecule has 0 aromatic carbocycles. The number of hydrogen-bond acceptors (Lipinski definition) is 3. The maximum Gasteiger partial charge on any atom is 0.271 e. The van der Waals surface area contributed by atoms with Crippen molar-refractivity contribution < 1.29 is 9.59 Å². The molecule has 2 heterocycles. The second kappa shape index (κ2) is 6.10. The van der Waals surface area contributed by atoms with E-state index in [2.05, 4.69) is 50.4 Å². The van der Waals surface area contributed by atoms with Crippen molar-refractivity contribution in [1.82, 2.24) is 20.4 Å². The number of hydrogen-bond donors (Lipinski definition) is 2. The zero-order valence-electron chi connectivity index (χ0n) is 14.1. The molecule has 6 nitrogen and oxygen atoms in total. The summed E-state index contributed by atoms with van der Waals surface area (Å²) < 4.78 is 1.92. The number of aromatic nitrogens is 2. The Hall–Kier alpha value is -1.85. The number of carbonyl (C=O) groups excluding carboxylic acids is 2. The predicted octanol–water partition coefficient (Wildman–Crippen LogP) is 1.77. The molecule has 22 heavy (non-hydrogen) atoms. The van der Waals surface area contributed by atoms with Crippen LogP contribution in [0.4, 0.5) is 0 Å². The Balaban J connectivity index is 2.08. The highest BCUT2D eigenvalue weighted by Crippen LogP contribution is 2.23. The van der Waals surface area contributed by atoms with E-state index in [0.717, 1.165) is 12.1 Å². The van der Waals surface area contributed by atoms with Gasteiger partial charge >= 0.3 is 0 Å². The minimum atomic E-state index is -0.189. The quantitative estimate of drug-likeness (QED) is 0.890. The van der Waals surface area contributed by atoms with Crippen LogP contribution in [0.25, 0.3) is 0 Å². The molecule has 0 saturated carbocycles. The lowest BCUT2D eigenvalue weighted by atomic mass is 10.1. The molecule has 1 aliphatic rings. The molecule has 2 N–H and O–H groups in total. The maximum atomic E-state index is 12.3. The molecule has 1 saturated heterocycles. The first-order chi connectivity index (χ1) is 10.2. The van der Waals surface area contributed by atoms with Gasteiger partial charge in [-0.3, -0.25) is 14.3 Å². The van der Waals surface area contributed by atoms with E-state index >= 15 is 0 Å². The molecule has 1 atom stereocenters. The van der Waals surface area contributed by atoms with Gasteiger partial charge in [-0.05, 0) is 39.2 Å². The lowest BCUT2D eigenvalue weighted by Gasteiger charge is -2.23. The van der Waals surface area contributed by atoms with Gasteiger partial charge in [0.15, 0.2) is 0 Å². The van der Waals surface area contributed by atoms with Crippen LogP contribution < -0.4 is 10.6 Å². The van der Waals surface area contributed by atoms with E-state index < -0.39 is 0 Å². The van der Waals surface area contributed by atoms with E-state index in [1.54, 1.807) is 0 Å². The Labute approximate surface area is 131 Å². The lowest BCUT2D eigenvalue weighted by Crippen LogP contribution is -2.38. The third-order valence-electron chi connectivity index (χ3n) is 3.79. The van der Waals surface area contributed by atoms with Crippen LogP contribution in [0.1, 0.15) is 69.6 Å². The van der Waals surface area contributed by atoms with Gasteiger partial charge in [0.1, 0.15) is 5.69 Å². The van der Waals surface area contributed by atoms with E-state index in [9.17, 15) is 9.59 Å². The molecule has 0 unspecified atom stereocenters. The number of carbonyl (C=O) groups is 2. The first-order valence-electron chi connectivity index (χ1n) is 7.86. The van der Waals surface area contributed by atoms with E-state index in [4.69, 9.17) is 0 Å². The van der Waals surface area contributed by atoms with Crippen molar-refractivity contribution >= 4 is 11.8 Å². The molecule has 0 spiro atoms. The fraction of sp³-hybridized carbons (Fsp3) is 0.688. The Morgan fingerprint density at radius 1 is 1.50 bits per heavy atom. The molecule has 2 amide bonds. The Morgan fingerprint density at radius 2 is 2.18 bits per heavy atom. The highest BCUT2D eigenvalue weighted by atomic mass is 16.2. The fourth-order valence-corrected chi connectivity index (χ4v) is 2.59. The van der Waals surface area contributed by atoms with Gasteiger partial charge in [0.25, 0.3) is 5.91 Å². The Morgan fingerprint density at radius 3 is 2.64 bits per heavy atom. The average molecular weight is 306 g/mol. The minimum absolute atomic E-state index is 0.0331. The summed E-state index contributed by atoms with van der Waals surface area (Å²) in [5, 5.41) is 10.2. The largest absolute Gasteiger partial charge is 0.352 e. The normalized spacial score (nSPS) is 18.6. The molecule has 0 bridgehead atoms. The van der Waals surface area contributed by atoms with Gasteiger partial charge in [-0.15, -0.1) is 0 Å². The van der Waals surface area contributed by atoms with Gasteiger partial charge < -0.3 is 10.6 Å². The Bertz CT molecular complexity index is 569. The van der Waals surface area contributed by atoms with Gasteiger partial charge in [0, 0.05) is 24.7 Å². The minimum Gasteiger partial charge on any atom is -0.352 e. The summed E-state index contributed by atoms with van der Waals surface area (Å²) in [6, 6.07) is 1.89. The third-order valence-corrected chi connectivity index (χ3v) is 3.79. The van der Waals surface area contributed by atoms with Crippen LogP contribution in [0.15, 0.2) is 6.07 Å². The van der Waals surface area contributed by atoms with Crippen LogP contribution in [0.3, 0.4) is 0 Å². The van der Waals surface area contributed by atoms with Crippen molar-refractivity contribution in [2.45, 2.75) is 65.0 Å². The van der Waals surface area contributed by atoms with E-state index in [-0.39, 0.29) is 23.4 Å². The number of nitrogens with zero attached hydrogens (tertiary/aromatic N) is 2. The summed E-state index contributed by atoms with van der Waals surface area (Å²) in [5.74, 6) is 0.159. The second-order valence-corrected chi connectivity index (χ2v) is 7.20. The SMILES string of the molecule is CC(C)c1cc(C(=O)NC[C@@H]2CCC(=O)N2)nn1C(C)(C)C. The van der Waals surface area contributed by atoms with Gasteiger partial charge in [-0.25, -0.2) is 0 Å². The van der Waals surface area contributed by atoms with Crippen LogP contribution >= 0.6 is 0 Å². The summed E-state index contributed by atoms with van der Waals surface area (Å²) in [6.07, 6.45) is 1.31. The van der Waals surface area contributed by atoms with Crippen molar-refractivity contribution in [1.29, 1.82) is 0 Å². The lowest BCUT2D eigenvalue weighted by molar-refractivity contribution is -0.119. The summed E-state index contributed by atoms with van der Waals surface area (Å²) in [6.45, 7) is 10.8. The molecular weight excluding hydrogens is 280 g/mol. The number of rotatable bonds is 4. The van der Waals surface area contributed by atoms with Crippen molar-refractivity contribution in [3.05, 3.63) is 17.5 Å². The second-order valence-electron chi connectivity index (χ2n) is 7.20. The summed E-state index contributed by atoms with van der Waals surface area (Å²) in [4.78, 5) is 23.5. The monoisotopic (exact) mass is 306 g/mol. The molecule has 1 aliphatic heterocycles. The average Bonchev–Trinajstić information content (AvgIpc) is 3.01. The van der Waals surface area contributed by atoms with Gasteiger partial charge in [0.2, 0.25) is 5.91 Å². The number of amides is 2. The van der Waals surface area contributed by atoms with E-state index in [1.165, 1.54) is 0 Å². The van der Waals surface area contributed by atoms with E-state index in [1.807, 2.05) is 10.7 Å². The molecule has 2 rings (SSSR count). The molecule has 1 fully saturated rings.